The van der Waals surface area contributed by atoms with Crippen molar-refractivity contribution in [3.8, 4) is 0 Å². The quantitative estimate of drug-likeness (QED) is 0.760. The summed E-state index contributed by atoms with van der Waals surface area (Å²) in [4.78, 5) is 12.2. The Morgan fingerprint density at radius 3 is 2.42 bits per heavy atom. The Kier molecular flexibility index (Phi) is 6.16. The van der Waals surface area contributed by atoms with E-state index in [4.69, 9.17) is 16.3 Å². The van der Waals surface area contributed by atoms with Crippen molar-refractivity contribution in [2.45, 2.75) is 45.1 Å². The van der Waals surface area contributed by atoms with E-state index in [-0.39, 0.29) is 5.97 Å². The zero-order valence-corrected chi connectivity index (χ0v) is 12.6. The lowest BCUT2D eigenvalue weighted by atomic mass is 9.88. The second-order valence-electron chi connectivity index (χ2n) is 4.71. The van der Waals surface area contributed by atoms with Gasteiger partial charge in [0.25, 0.3) is 0 Å². The lowest BCUT2D eigenvalue weighted by Gasteiger charge is -2.32. The second kappa shape index (κ2) is 7.39. The van der Waals surface area contributed by atoms with Crippen LogP contribution in [0.5, 0.6) is 0 Å². The molecule has 106 valence electrons. The SMILES string of the molecule is CCCC(CCC)(Nc1cccc(Cl)c1)C(=O)OC. The first kappa shape index (κ1) is 15.8. The van der Waals surface area contributed by atoms with E-state index < -0.39 is 5.54 Å². The van der Waals surface area contributed by atoms with Gasteiger partial charge in [0.15, 0.2) is 0 Å². The van der Waals surface area contributed by atoms with Gasteiger partial charge in [-0.3, -0.25) is 0 Å². The molecule has 0 aromatic heterocycles. The summed E-state index contributed by atoms with van der Waals surface area (Å²) in [7, 11) is 1.43. The molecule has 0 fully saturated rings. The summed E-state index contributed by atoms with van der Waals surface area (Å²) in [5, 5.41) is 3.98. The molecule has 0 aliphatic heterocycles. The molecular weight excluding hydrogens is 262 g/mol. The molecule has 19 heavy (non-hydrogen) atoms. The minimum atomic E-state index is -0.664. The molecule has 0 unspecified atom stereocenters. The number of hydrogen-bond acceptors (Lipinski definition) is 3. The van der Waals surface area contributed by atoms with Crippen molar-refractivity contribution in [1.82, 2.24) is 0 Å². The normalized spacial score (nSPS) is 11.2. The van der Waals surface area contributed by atoms with Crippen molar-refractivity contribution in [2.24, 2.45) is 0 Å². The molecule has 3 nitrogen and oxygen atoms in total. The van der Waals surface area contributed by atoms with Gasteiger partial charge in [-0.1, -0.05) is 44.4 Å². The van der Waals surface area contributed by atoms with Crippen LogP contribution in [0.4, 0.5) is 5.69 Å². The largest absolute Gasteiger partial charge is 0.467 e. The van der Waals surface area contributed by atoms with Gasteiger partial charge in [-0.15, -0.1) is 0 Å². The minimum absolute atomic E-state index is 0.212. The third-order valence-electron chi connectivity index (χ3n) is 3.14. The number of rotatable bonds is 7. The minimum Gasteiger partial charge on any atom is -0.467 e. The number of carbonyl (C=O) groups excluding carboxylic acids is 1. The van der Waals surface area contributed by atoms with Crippen molar-refractivity contribution >= 4 is 23.3 Å². The fourth-order valence-corrected chi connectivity index (χ4v) is 2.59. The van der Waals surface area contributed by atoms with Gasteiger partial charge >= 0.3 is 5.97 Å². The van der Waals surface area contributed by atoms with Crippen LogP contribution in [0.2, 0.25) is 5.02 Å². The smallest absolute Gasteiger partial charge is 0.331 e. The summed E-state index contributed by atoms with van der Waals surface area (Å²) < 4.78 is 4.99. The van der Waals surface area contributed by atoms with E-state index in [0.717, 1.165) is 31.4 Å². The summed E-state index contributed by atoms with van der Waals surface area (Å²) in [5.41, 5.74) is 0.183. The molecule has 0 spiro atoms. The van der Waals surface area contributed by atoms with Gasteiger partial charge in [-0.05, 0) is 31.0 Å². The Hall–Kier alpha value is -1.22. The average Bonchev–Trinajstić information content (AvgIpc) is 2.38. The molecule has 0 aliphatic rings. The molecule has 0 saturated heterocycles. The molecule has 0 saturated carbocycles. The van der Waals surface area contributed by atoms with Crippen LogP contribution in [0.25, 0.3) is 0 Å². The van der Waals surface area contributed by atoms with Crippen molar-refractivity contribution in [3.05, 3.63) is 29.3 Å². The number of halogens is 1. The van der Waals surface area contributed by atoms with Gasteiger partial charge in [-0.25, -0.2) is 4.79 Å². The maximum atomic E-state index is 12.2. The van der Waals surface area contributed by atoms with Crippen molar-refractivity contribution in [3.63, 3.8) is 0 Å². The van der Waals surface area contributed by atoms with Crippen LogP contribution in [0.15, 0.2) is 24.3 Å². The number of esters is 1. The fraction of sp³-hybridized carbons (Fsp3) is 0.533. The molecule has 1 aromatic carbocycles. The van der Waals surface area contributed by atoms with Gasteiger partial charge in [0, 0.05) is 10.7 Å². The topological polar surface area (TPSA) is 38.3 Å². The summed E-state index contributed by atoms with van der Waals surface area (Å²) in [6.45, 7) is 4.13. The highest BCUT2D eigenvalue weighted by molar-refractivity contribution is 6.30. The third kappa shape index (κ3) is 4.13. The lowest BCUT2D eigenvalue weighted by molar-refractivity contribution is -0.146. The Morgan fingerprint density at radius 2 is 1.95 bits per heavy atom. The van der Waals surface area contributed by atoms with Crippen LogP contribution in [0.1, 0.15) is 39.5 Å². The highest BCUT2D eigenvalue weighted by Gasteiger charge is 2.37. The van der Waals surface area contributed by atoms with Crippen LogP contribution in [0, 0.1) is 0 Å². The fourth-order valence-electron chi connectivity index (χ4n) is 2.40. The lowest BCUT2D eigenvalue weighted by Crippen LogP contribution is -2.47. The summed E-state index contributed by atoms with van der Waals surface area (Å²) in [6, 6.07) is 7.41. The van der Waals surface area contributed by atoms with E-state index in [1.807, 2.05) is 24.3 Å². The third-order valence-corrected chi connectivity index (χ3v) is 3.37. The van der Waals surface area contributed by atoms with Gasteiger partial charge in [-0.2, -0.15) is 0 Å². The number of hydrogen-bond donors (Lipinski definition) is 1. The Labute approximate surface area is 120 Å². The van der Waals surface area contributed by atoms with E-state index >= 15 is 0 Å². The van der Waals surface area contributed by atoms with Crippen molar-refractivity contribution in [1.29, 1.82) is 0 Å². The maximum Gasteiger partial charge on any atom is 0.331 e. The number of benzene rings is 1. The van der Waals surface area contributed by atoms with E-state index in [9.17, 15) is 4.79 Å². The first-order valence-corrected chi connectivity index (χ1v) is 7.08. The molecule has 1 aromatic rings. The molecule has 4 heteroatoms. The summed E-state index contributed by atoms with van der Waals surface area (Å²) in [5.74, 6) is -0.212. The first-order chi connectivity index (χ1) is 9.07. The highest BCUT2D eigenvalue weighted by Crippen LogP contribution is 2.28. The monoisotopic (exact) mass is 283 g/mol. The molecule has 0 aliphatic carbocycles. The Morgan fingerprint density at radius 1 is 1.32 bits per heavy atom. The van der Waals surface area contributed by atoms with Crippen molar-refractivity contribution < 1.29 is 9.53 Å². The van der Waals surface area contributed by atoms with Gasteiger partial charge < -0.3 is 10.1 Å². The van der Waals surface area contributed by atoms with Gasteiger partial charge in [0.2, 0.25) is 0 Å². The van der Waals surface area contributed by atoms with Crippen LogP contribution < -0.4 is 5.32 Å². The van der Waals surface area contributed by atoms with E-state index in [0.29, 0.717) is 5.02 Å². The Bertz CT molecular complexity index is 414. The summed E-state index contributed by atoms with van der Waals surface area (Å²) >= 11 is 5.99. The molecule has 1 rings (SSSR count). The zero-order valence-electron chi connectivity index (χ0n) is 11.8. The number of anilines is 1. The van der Waals surface area contributed by atoms with E-state index in [2.05, 4.69) is 19.2 Å². The molecular formula is C15H22ClNO2. The van der Waals surface area contributed by atoms with Crippen LogP contribution in [-0.4, -0.2) is 18.6 Å². The van der Waals surface area contributed by atoms with Gasteiger partial charge in [0.1, 0.15) is 5.54 Å². The second-order valence-corrected chi connectivity index (χ2v) is 5.15. The van der Waals surface area contributed by atoms with E-state index in [1.165, 1.54) is 7.11 Å². The van der Waals surface area contributed by atoms with Crippen LogP contribution in [-0.2, 0) is 9.53 Å². The van der Waals surface area contributed by atoms with Crippen LogP contribution >= 0.6 is 11.6 Å². The number of ether oxygens (including phenoxy) is 1. The number of methoxy groups -OCH3 is 1. The first-order valence-electron chi connectivity index (χ1n) is 6.70. The predicted octanol–water partition coefficient (Wildman–Crippen LogP) is 4.26. The molecule has 0 atom stereocenters. The summed E-state index contributed by atoms with van der Waals surface area (Å²) in [6.07, 6.45) is 3.28. The molecule has 1 N–H and O–H groups in total. The average molecular weight is 284 g/mol. The molecule has 0 amide bonds. The number of nitrogens with one attached hydrogen (secondary N) is 1. The predicted molar refractivity (Wildman–Crippen MR) is 79.6 cm³/mol. The zero-order chi connectivity index (χ0) is 14.3. The standard InChI is InChI=1S/C15H22ClNO2/c1-4-9-15(10-5-2,14(18)19-3)17-13-8-6-7-12(16)11-13/h6-8,11,17H,4-5,9-10H2,1-3H3. The van der Waals surface area contributed by atoms with E-state index in [1.54, 1.807) is 0 Å². The maximum absolute atomic E-state index is 12.2. The van der Waals surface area contributed by atoms with Gasteiger partial charge in [0.05, 0.1) is 7.11 Å². The highest BCUT2D eigenvalue weighted by atomic mass is 35.5. The number of carbonyl (C=O) groups is 1. The molecule has 0 bridgehead atoms. The van der Waals surface area contributed by atoms with Crippen LogP contribution in [0.3, 0.4) is 0 Å². The Balaban J connectivity index is 3.04. The van der Waals surface area contributed by atoms with Crippen molar-refractivity contribution in [2.75, 3.05) is 12.4 Å². The molecule has 0 heterocycles. The molecule has 0 radical (unpaired) electrons.